The first-order valence-corrected chi connectivity index (χ1v) is 10.1. The van der Waals surface area contributed by atoms with E-state index in [0.29, 0.717) is 23.6 Å². The SMILES string of the molecule is CCC(OC(=O)c1cc2ccccc2nc1N1CCCC1)C(=O)Nc1cc(C)on1. The number of para-hydroxylation sites is 1. The van der Waals surface area contributed by atoms with Crippen LogP contribution in [-0.2, 0) is 9.53 Å². The lowest BCUT2D eigenvalue weighted by Gasteiger charge is -2.21. The third kappa shape index (κ3) is 4.12. The summed E-state index contributed by atoms with van der Waals surface area (Å²) in [6, 6.07) is 11.0. The van der Waals surface area contributed by atoms with Crippen LogP contribution >= 0.6 is 0 Å². The molecule has 1 aliphatic rings. The Morgan fingerprint density at radius 2 is 2.00 bits per heavy atom. The van der Waals surface area contributed by atoms with E-state index in [4.69, 9.17) is 14.2 Å². The summed E-state index contributed by atoms with van der Waals surface area (Å²) >= 11 is 0. The van der Waals surface area contributed by atoms with Crippen LogP contribution in [0.15, 0.2) is 40.9 Å². The highest BCUT2D eigenvalue weighted by Gasteiger charge is 2.27. The van der Waals surface area contributed by atoms with E-state index >= 15 is 0 Å². The Hall–Kier alpha value is -3.42. The van der Waals surface area contributed by atoms with Gasteiger partial charge in [0.1, 0.15) is 17.1 Å². The molecule has 1 saturated heterocycles. The van der Waals surface area contributed by atoms with Gasteiger partial charge >= 0.3 is 5.97 Å². The van der Waals surface area contributed by atoms with Crippen LogP contribution in [0.2, 0.25) is 0 Å². The molecule has 1 aromatic carbocycles. The molecule has 1 unspecified atom stereocenters. The predicted octanol–water partition coefficient (Wildman–Crippen LogP) is 3.71. The molecule has 0 saturated carbocycles. The fraction of sp³-hybridized carbons (Fsp3) is 0.364. The van der Waals surface area contributed by atoms with Gasteiger partial charge in [-0.3, -0.25) is 4.79 Å². The third-order valence-electron chi connectivity index (χ3n) is 5.12. The van der Waals surface area contributed by atoms with Crippen LogP contribution in [0.3, 0.4) is 0 Å². The Kier molecular flexibility index (Phi) is 5.65. The van der Waals surface area contributed by atoms with Gasteiger partial charge < -0.3 is 19.5 Å². The maximum atomic E-state index is 13.1. The van der Waals surface area contributed by atoms with Crippen molar-refractivity contribution in [3.8, 4) is 0 Å². The van der Waals surface area contributed by atoms with Gasteiger partial charge in [0.25, 0.3) is 5.91 Å². The van der Waals surface area contributed by atoms with Crippen molar-refractivity contribution in [3.05, 3.63) is 47.7 Å². The minimum atomic E-state index is -0.951. The average molecular weight is 408 g/mol. The van der Waals surface area contributed by atoms with E-state index in [1.165, 1.54) is 0 Å². The first-order valence-electron chi connectivity index (χ1n) is 10.1. The Bertz CT molecular complexity index is 1070. The van der Waals surface area contributed by atoms with Gasteiger partial charge in [0.05, 0.1) is 5.52 Å². The number of aromatic nitrogens is 2. The zero-order valence-corrected chi connectivity index (χ0v) is 17.1. The van der Waals surface area contributed by atoms with Crippen LogP contribution in [-0.4, -0.2) is 41.2 Å². The number of benzene rings is 1. The molecule has 1 amide bonds. The average Bonchev–Trinajstić information content (AvgIpc) is 3.42. The third-order valence-corrected chi connectivity index (χ3v) is 5.12. The van der Waals surface area contributed by atoms with Crippen molar-refractivity contribution in [1.82, 2.24) is 10.1 Å². The second-order valence-corrected chi connectivity index (χ2v) is 7.36. The lowest BCUT2D eigenvalue weighted by molar-refractivity contribution is -0.124. The molecule has 30 heavy (non-hydrogen) atoms. The van der Waals surface area contributed by atoms with Crippen LogP contribution in [0.1, 0.15) is 42.3 Å². The quantitative estimate of drug-likeness (QED) is 0.621. The topological polar surface area (TPSA) is 97.6 Å². The molecule has 156 valence electrons. The number of esters is 1. The second-order valence-electron chi connectivity index (χ2n) is 7.36. The Morgan fingerprint density at radius 1 is 1.23 bits per heavy atom. The second kappa shape index (κ2) is 8.52. The molecule has 4 rings (SSSR count). The van der Waals surface area contributed by atoms with E-state index in [9.17, 15) is 9.59 Å². The van der Waals surface area contributed by atoms with E-state index in [-0.39, 0.29) is 5.82 Å². The number of pyridine rings is 1. The fourth-order valence-electron chi connectivity index (χ4n) is 3.57. The summed E-state index contributed by atoms with van der Waals surface area (Å²) in [5.41, 5.74) is 1.20. The molecule has 1 N–H and O–H groups in total. The van der Waals surface area contributed by atoms with Crippen LogP contribution in [0.25, 0.3) is 10.9 Å². The van der Waals surface area contributed by atoms with E-state index in [1.807, 2.05) is 24.3 Å². The highest BCUT2D eigenvalue weighted by atomic mass is 16.5. The van der Waals surface area contributed by atoms with E-state index < -0.39 is 18.0 Å². The van der Waals surface area contributed by atoms with Gasteiger partial charge in [-0.05, 0) is 38.3 Å². The molecular weight excluding hydrogens is 384 g/mol. The molecule has 3 heterocycles. The molecule has 8 nitrogen and oxygen atoms in total. The molecule has 0 aliphatic carbocycles. The van der Waals surface area contributed by atoms with Crippen LogP contribution < -0.4 is 10.2 Å². The van der Waals surface area contributed by atoms with Crippen molar-refractivity contribution < 1.29 is 18.8 Å². The summed E-state index contributed by atoms with van der Waals surface area (Å²) < 4.78 is 10.6. The van der Waals surface area contributed by atoms with Crippen molar-refractivity contribution in [2.24, 2.45) is 0 Å². The Balaban J connectivity index is 1.59. The number of fused-ring (bicyclic) bond motifs is 1. The van der Waals surface area contributed by atoms with Gasteiger partial charge in [0.2, 0.25) is 0 Å². The summed E-state index contributed by atoms with van der Waals surface area (Å²) in [5, 5.41) is 7.22. The van der Waals surface area contributed by atoms with Crippen molar-refractivity contribution in [2.45, 2.75) is 39.2 Å². The normalized spacial score (nSPS) is 14.7. The summed E-state index contributed by atoms with van der Waals surface area (Å²) in [5.74, 6) is 0.465. The first kappa shape index (κ1) is 19.9. The van der Waals surface area contributed by atoms with Crippen molar-refractivity contribution in [1.29, 1.82) is 0 Å². The van der Waals surface area contributed by atoms with Gasteiger partial charge in [-0.25, -0.2) is 9.78 Å². The summed E-state index contributed by atoms with van der Waals surface area (Å²) in [6.45, 7) is 5.20. The van der Waals surface area contributed by atoms with E-state index in [1.54, 1.807) is 26.0 Å². The molecule has 1 atom stereocenters. The maximum absolute atomic E-state index is 13.1. The van der Waals surface area contributed by atoms with Crippen LogP contribution in [0, 0.1) is 6.92 Å². The monoisotopic (exact) mass is 408 g/mol. The molecule has 2 aromatic heterocycles. The first-order chi connectivity index (χ1) is 14.5. The number of carbonyl (C=O) groups excluding carboxylic acids is 2. The highest BCUT2D eigenvalue weighted by molar-refractivity contribution is 6.01. The van der Waals surface area contributed by atoms with Crippen LogP contribution in [0.5, 0.6) is 0 Å². The molecule has 0 bridgehead atoms. The Morgan fingerprint density at radius 3 is 2.70 bits per heavy atom. The molecule has 0 radical (unpaired) electrons. The van der Waals surface area contributed by atoms with Crippen LogP contribution in [0.4, 0.5) is 11.6 Å². The van der Waals surface area contributed by atoms with Gasteiger partial charge in [0, 0.05) is 24.5 Å². The molecule has 1 fully saturated rings. The minimum Gasteiger partial charge on any atom is -0.449 e. The number of anilines is 2. The number of carbonyl (C=O) groups is 2. The Labute approximate surface area is 174 Å². The zero-order chi connectivity index (χ0) is 21.1. The van der Waals surface area contributed by atoms with Crippen molar-refractivity contribution >= 4 is 34.4 Å². The van der Waals surface area contributed by atoms with E-state index in [2.05, 4.69) is 15.4 Å². The number of nitrogens with zero attached hydrogens (tertiary/aromatic N) is 3. The largest absolute Gasteiger partial charge is 0.449 e. The summed E-state index contributed by atoms with van der Waals surface area (Å²) in [6.07, 6.45) is 1.49. The summed E-state index contributed by atoms with van der Waals surface area (Å²) in [4.78, 5) is 32.5. The number of aryl methyl sites for hydroxylation is 1. The molecule has 0 spiro atoms. The number of nitrogens with one attached hydrogen (secondary N) is 1. The number of hydrogen-bond acceptors (Lipinski definition) is 7. The standard InChI is InChI=1S/C22H24N4O4/c1-3-18(21(27)24-19-12-14(2)30-25-19)29-22(28)16-13-15-8-4-5-9-17(15)23-20(16)26-10-6-7-11-26/h4-5,8-9,12-13,18H,3,6-7,10-11H2,1-2H3,(H,24,25,27). The van der Waals surface area contributed by atoms with Gasteiger partial charge in [-0.1, -0.05) is 30.3 Å². The van der Waals surface area contributed by atoms with Crippen molar-refractivity contribution in [3.63, 3.8) is 0 Å². The minimum absolute atomic E-state index is 0.289. The zero-order valence-electron chi connectivity index (χ0n) is 17.1. The maximum Gasteiger partial charge on any atom is 0.342 e. The summed E-state index contributed by atoms with van der Waals surface area (Å²) in [7, 11) is 0. The molecule has 8 heteroatoms. The van der Waals surface area contributed by atoms with Crippen molar-refractivity contribution in [2.75, 3.05) is 23.3 Å². The number of rotatable bonds is 6. The molecular formula is C22H24N4O4. The number of amides is 1. The lowest BCUT2D eigenvalue weighted by atomic mass is 10.1. The van der Waals surface area contributed by atoms with E-state index in [0.717, 1.165) is 36.8 Å². The smallest absolute Gasteiger partial charge is 0.342 e. The van der Waals surface area contributed by atoms with Gasteiger partial charge in [-0.2, -0.15) is 0 Å². The fourth-order valence-corrected chi connectivity index (χ4v) is 3.57. The van der Waals surface area contributed by atoms with Gasteiger partial charge in [0.15, 0.2) is 11.9 Å². The van der Waals surface area contributed by atoms with Gasteiger partial charge in [-0.15, -0.1) is 0 Å². The molecule has 3 aromatic rings. The highest BCUT2D eigenvalue weighted by Crippen LogP contribution is 2.27. The predicted molar refractivity (Wildman–Crippen MR) is 113 cm³/mol. The lowest BCUT2D eigenvalue weighted by Crippen LogP contribution is -2.33. The molecule has 1 aliphatic heterocycles. The number of ether oxygens (including phenoxy) is 1. The number of hydrogen-bond donors (Lipinski definition) is 1.